The van der Waals surface area contributed by atoms with Gasteiger partial charge in [0.05, 0.1) is 12.2 Å². The Morgan fingerprint density at radius 2 is 2.09 bits per heavy atom. The van der Waals surface area contributed by atoms with Crippen molar-refractivity contribution in [2.45, 2.75) is 24.0 Å². The molecule has 0 N–H and O–H groups in total. The number of fused-ring (bicyclic) bond motifs is 2. The van der Waals surface area contributed by atoms with Crippen LogP contribution in [0.4, 0.5) is 0 Å². The van der Waals surface area contributed by atoms with Crippen LogP contribution in [0.1, 0.15) is 6.92 Å². The van der Waals surface area contributed by atoms with Crippen molar-refractivity contribution >= 4 is 21.7 Å². The number of alkyl halides is 1. The van der Waals surface area contributed by atoms with Gasteiger partial charge < -0.3 is 4.74 Å². The van der Waals surface area contributed by atoms with Crippen LogP contribution in [0.3, 0.4) is 0 Å². The topological polar surface area (TPSA) is 26.3 Å². The van der Waals surface area contributed by atoms with Crippen LogP contribution in [0.2, 0.25) is 0 Å². The van der Waals surface area contributed by atoms with E-state index in [0.29, 0.717) is 0 Å². The summed E-state index contributed by atoms with van der Waals surface area (Å²) in [6, 6.07) is 0. The van der Waals surface area contributed by atoms with E-state index in [4.69, 9.17) is 4.74 Å². The number of hydrogen-bond acceptors (Lipinski definition) is 2. The molecular weight excluding hydrogens is 208 g/mol. The Hall–Kier alpha value is -0.150. The van der Waals surface area contributed by atoms with Gasteiger partial charge in [0.25, 0.3) is 0 Å². The highest BCUT2D eigenvalue weighted by Crippen LogP contribution is 2.32. The van der Waals surface area contributed by atoms with Crippen LogP contribution in [0.5, 0.6) is 0 Å². The summed E-state index contributed by atoms with van der Waals surface area (Å²) in [5.41, 5.74) is 0. The first-order valence-electron chi connectivity index (χ1n) is 3.72. The summed E-state index contributed by atoms with van der Waals surface area (Å²) in [6.45, 7) is 1.91. The fraction of sp³-hybridized carbons (Fsp3) is 0.625. The molecule has 2 heterocycles. The third kappa shape index (κ3) is 0.983. The Labute approximate surface area is 73.7 Å². The number of hydrogen-bond donors (Lipinski definition) is 0. The van der Waals surface area contributed by atoms with E-state index >= 15 is 0 Å². The van der Waals surface area contributed by atoms with E-state index in [1.165, 1.54) is 0 Å². The number of Topliss-reactive ketones (excluding diaryl/α,β-unsaturated/α-hetero) is 1. The van der Waals surface area contributed by atoms with E-state index < -0.39 is 0 Å². The van der Waals surface area contributed by atoms with Gasteiger partial charge in [0.2, 0.25) is 0 Å². The second-order valence-electron chi connectivity index (χ2n) is 3.04. The van der Waals surface area contributed by atoms with E-state index in [0.717, 1.165) is 0 Å². The lowest BCUT2D eigenvalue weighted by molar-refractivity contribution is -0.133. The fourth-order valence-electron chi connectivity index (χ4n) is 1.52. The second-order valence-corrected chi connectivity index (χ2v) is 4.03. The maximum atomic E-state index is 11.4. The molecule has 0 spiro atoms. The van der Waals surface area contributed by atoms with Gasteiger partial charge in [-0.2, -0.15) is 0 Å². The number of carbonyl (C=O) groups is 1. The molecule has 11 heavy (non-hydrogen) atoms. The lowest BCUT2D eigenvalue weighted by Gasteiger charge is -2.29. The molecule has 2 aliphatic heterocycles. The number of ketones is 1. The van der Waals surface area contributed by atoms with Gasteiger partial charge in [0, 0.05) is 5.92 Å². The van der Waals surface area contributed by atoms with Gasteiger partial charge in [0.15, 0.2) is 5.78 Å². The molecule has 1 fully saturated rings. The molecule has 0 aromatic heterocycles. The minimum absolute atomic E-state index is 0.00868. The van der Waals surface area contributed by atoms with Crippen LogP contribution in [0, 0.1) is 5.92 Å². The largest absolute Gasteiger partial charge is 0.364 e. The van der Waals surface area contributed by atoms with E-state index in [1.807, 2.05) is 19.1 Å². The minimum Gasteiger partial charge on any atom is -0.364 e. The third-order valence-electron chi connectivity index (χ3n) is 2.31. The zero-order valence-corrected chi connectivity index (χ0v) is 7.74. The summed E-state index contributed by atoms with van der Waals surface area (Å²) in [4.78, 5) is 11.3. The standard InChI is InChI=1S/C8H9BrO2/c1-4-5-2-3-6(11-5)7(9)8(4)10/h2-7H,1H3/t4-,5+,6-,7-/m0/s1. The molecule has 0 radical (unpaired) electrons. The molecule has 60 valence electrons. The molecule has 4 atom stereocenters. The van der Waals surface area contributed by atoms with Gasteiger partial charge in [-0.3, -0.25) is 4.79 Å². The lowest BCUT2D eigenvalue weighted by atomic mass is 9.96. The van der Waals surface area contributed by atoms with Crippen molar-refractivity contribution in [1.29, 1.82) is 0 Å². The van der Waals surface area contributed by atoms with Crippen molar-refractivity contribution in [2.75, 3.05) is 0 Å². The fourth-order valence-corrected chi connectivity index (χ4v) is 2.23. The molecule has 2 rings (SSSR count). The maximum Gasteiger partial charge on any atom is 0.155 e. The molecule has 3 heteroatoms. The molecule has 0 saturated carbocycles. The second kappa shape index (κ2) is 2.42. The highest BCUT2D eigenvalue weighted by molar-refractivity contribution is 9.10. The van der Waals surface area contributed by atoms with E-state index in [1.54, 1.807) is 0 Å². The molecule has 2 aliphatic rings. The van der Waals surface area contributed by atoms with Crippen molar-refractivity contribution in [3.05, 3.63) is 12.2 Å². The summed E-state index contributed by atoms with van der Waals surface area (Å²) in [6.07, 6.45) is 3.95. The van der Waals surface area contributed by atoms with Crippen molar-refractivity contribution in [2.24, 2.45) is 5.92 Å². The van der Waals surface area contributed by atoms with Crippen LogP contribution in [-0.2, 0) is 9.53 Å². The van der Waals surface area contributed by atoms with E-state index in [-0.39, 0.29) is 28.7 Å². The first-order chi connectivity index (χ1) is 5.20. The smallest absolute Gasteiger partial charge is 0.155 e. The first-order valence-corrected chi connectivity index (χ1v) is 4.63. The average molecular weight is 217 g/mol. The van der Waals surface area contributed by atoms with Crippen LogP contribution in [0.25, 0.3) is 0 Å². The van der Waals surface area contributed by atoms with Gasteiger partial charge in [-0.05, 0) is 0 Å². The van der Waals surface area contributed by atoms with Crippen molar-refractivity contribution in [3.63, 3.8) is 0 Å². The van der Waals surface area contributed by atoms with Crippen LogP contribution >= 0.6 is 15.9 Å². The Morgan fingerprint density at radius 3 is 2.82 bits per heavy atom. The normalized spacial score (nSPS) is 48.4. The number of ether oxygens (including phenoxy) is 1. The molecule has 0 aromatic carbocycles. The number of carbonyl (C=O) groups excluding carboxylic acids is 1. The van der Waals surface area contributed by atoms with Gasteiger partial charge in [-0.25, -0.2) is 0 Å². The van der Waals surface area contributed by atoms with Gasteiger partial charge >= 0.3 is 0 Å². The van der Waals surface area contributed by atoms with Gasteiger partial charge in [-0.15, -0.1) is 0 Å². The summed E-state index contributed by atoms with van der Waals surface area (Å²) >= 11 is 3.32. The zero-order chi connectivity index (χ0) is 8.01. The minimum atomic E-state index is -0.132. The van der Waals surface area contributed by atoms with Crippen molar-refractivity contribution in [1.82, 2.24) is 0 Å². The van der Waals surface area contributed by atoms with Crippen molar-refractivity contribution in [3.8, 4) is 0 Å². The molecular formula is C8H9BrO2. The maximum absolute atomic E-state index is 11.4. The van der Waals surface area contributed by atoms with E-state index in [2.05, 4.69) is 15.9 Å². The molecule has 2 nitrogen and oxygen atoms in total. The Kier molecular flexibility index (Phi) is 1.65. The summed E-state index contributed by atoms with van der Waals surface area (Å²) in [5, 5.41) is 0. The zero-order valence-electron chi connectivity index (χ0n) is 6.16. The van der Waals surface area contributed by atoms with Crippen LogP contribution < -0.4 is 0 Å². The average Bonchev–Trinajstić information content (AvgIpc) is 2.44. The van der Waals surface area contributed by atoms with Gasteiger partial charge in [0.1, 0.15) is 4.83 Å². The molecule has 0 amide bonds. The monoisotopic (exact) mass is 216 g/mol. The summed E-state index contributed by atoms with van der Waals surface area (Å²) < 4.78 is 5.51. The molecule has 0 aromatic rings. The third-order valence-corrected chi connectivity index (χ3v) is 3.28. The van der Waals surface area contributed by atoms with E-state index in [9.17, 15) is 4.79 Å². The molecule has 1 saturated heterocycles. The summed E-state index contributed by atoms with van der Waals surface area (Å²) in [5.74, 6) is 0.269. The Morgan fingerprint density at radius 1 is 1.45 bits per heavy atom. The predicted molar refractivity (Wildman–Crippen MR) is 44.7 cm³/mol. The quantitative estimate of drug-likeness (QED) is 0.451. The predicted octanol–water partition coefficient (Wildman–Crippen LogP) is 1.29. The van der Waals surface area contributed by atoms with Crippen LogP contribution in [-0.4, -0.2) is 22.8 Å². The van der Waals surface area contributed by atoms with Crippen LogP contribution in [0.15, 0.2) is 12.2 Å². The molecule has 0 unspecified atom stereocenters. The Balaban J connectivity index is 2.29. The summed E-state index contributed by atoms with van der Waals surface area (Å²) in [7, 11) is 0. The highest BCUT2D eigenvalue weighted by Gasteiger charge is 2.42. The lowest BCUT2D eigenvalue weighted by Crippen LogP contribution is -2.42. The number of rotatable bonds is 0. The number of halogens is 1. The highest BCUT2D eigenvalue weighted by atomic mass is 79.9. The van der Waals surface area contributed by atoms with Crippen molar-refractivity contribution < 1.29 is 9.53 Å². The Bertz CT molecular complexity index is 204. The first kappa shape index (κ1) is 7.50. The SMILES string of the molecule is C[C@@H]1C(=O)[C@@H](Br)[C@@H]2C=C[C@H]1O2. The van der Waals surface area contributed by atoms with Gasteiger partial charge in [-0.1, -0.05) is 35.0 Å². The molecule has 0 aliphatic carbocycles. The molecule has 2 bridgehead atoms.